The zero-order valence-corrected chi connectivity index (χ0v) is 13.6. The second-order valence-electron chi connectivity index (χ2n) is 7.97. The molecule has 1 atom stereocenters. The largest absolute Gasteiger partial charge is 0.493 e. The van der Waals surface area contributed by atoms with Crippen LogP contribution < -0.4 is 10.5 Å². The Morgan fingerprint density at radius 1 is 1.20 bits per heavy atom. The van der Waals surface area contributed by atoms with E-state index < -0.39 is 0 Å². The summed E-state index contributed by atoms with van der Waals surface area (Å²) >= 11 is 0. The lowest BCUT2D eigenvalue weighted by atomic mass is 9.72. The molecule has 0 fully saturated rings. The normalized spacial score (nSPS) is 20.0. The van der Waals surface area contributed by atoms with E-state index in [1.165, 1.54) is 11.1 Å². The van der Waals surface area contributed by atoms with Gasteiger partial charge in [-0.3, -0.25) is 0 Å². The van der Waals surface area contributed by atoms with Crippen LogP contribution in [0.3, 0.4) is 0 Å². The summed E-state index contributed by atoms with van der Waals surface area (Å²) in [6.45, 7) is 12.3. The lowest BCUT2D eigenvalue weighted by molar-refractivity contribution is 0.283. The average molecular weight is 275 g/mol. The molecule has 0 spiro atoms. The Labute approximate surface area is 123 Å². The molecule has 1 aliphatic heterocycles. The van der Waals surface area contributed by atoms with Gasteiger partial charge < -0.3 is 10.5 Å². The highest BCUT2D eigenvalue weighted by Crippen LogP contribution is 2.39. The molecule has 0 bridgehead atoms. The topological polar surface area (TPSA) is 35.2 Å². The Bertz CT molecular complexity index is 471. The monoisotopic (exact) mass is 275 g/mol. The number of benzene rings is 1. The van der Waals surface area contributed by atoms with Crippen molar-refractivity contribution in [3.05, 3.63) is 29.3 Å². The molecule has 2 rings (SSSR count). The van der Waals surface area contributed by atoms with Gasteiger partial charge in [0.05, 0.1) is 6.61 Å². The first kappa shape index (κ1) is 15.4. The van der Waals surface area contributed by atoms with E-state index in [1.54, 1.807) is 0 Å². The number of hydrogen-bond donors (Lipinski definition) is 1. The molecular weight excluding hydrogens is 246 g/mol. The maximum atomic E-state index is 6.31. The van der Waals surface area contributed by atoms with Crippen LogP contribution in [0.4, 0.5) is 0 Å². The van der Waals surface area contributed by atoms with Crippen molar-refractivity contribution in [2.45, 2.75) is 65.3 Å². The fourth-order valence-corrected chi connectivity index (χ4v) is 3.46. The smallest absolute Gasteiger partial charge is 0.124 e. The molecule has 1 heterocycles. The van der Waals surface area contributed by atoms with E-state index in [1.807, 2.05) is 0 Å². The van der Waals surface area contributed by atoms with Gasteiger partial charge in [-0.25, -0.2) is 0 Å². The average Bonchev–Trinajstić information content (AvgIpc) is 2.48. The number of ether oxygens (including phenoxy) is 1. The van der Waals surface area contributed by atoms with Crippen LogP contribution in [0.1, 0.15) is 71.0 Å². The molecule has 2 N–H and O–H groups in total. The van der Waals surface area contributed by atoms with E-state index in [0.29, 0.717) is 5.41 Å². The summed E-state index contributed by atoms with van der Waals surface area (Å²) in [5, 5.41) is 0. The van der Waals surface area contributed by atoms with Crippen molar-refractivity contribution in [1.29, 1.82) is 0 Å². The van der Waals surface area contributed by atoms with Crippen LogP contribution in [0.5, 0.6) is 5.75 Å². The Morgan fingerprint density at radius 2 is 1.90 bits per heavy atom. The first-order chi connectivity index (χ1) is 9.19. The van der Waals surface area contributed by atoms with Crippen LogP contribution in [0.25, 0.3) is 0 Å². The van der Waals surface area contributed by atoms with Crippen molar-refractivity contribution in [3.63, 3.8) is 0 Å². The standard InChI is InChI=1S/C18H29NO/c1-17(2,3)12-18(4,5)13-8-9-16-14(11-13)15(19)7-6-10-20-16/h8-9,11,15H,6-7,10,12,19H2,1-5H3/t15-/m1/s1. The van der Waals surface area contributed by atoms with E-state index >= 15 is 0 Å². The highest BCUT2D eigenvalue weighted by atomic mass is 16.5. The minimum atomic E-state index is 0.109. The Balaban J connectivity index is 2.34. The summed E-state index contributed by atoms with van der Waals surface area (Å²) in [7, 11) is 0. The van der Waals surface area contributed by atoms with Crippen LogP contribution in [0, 0.1) is 5.41 Å². The third kappa shape index (κ3) is 3.54. The molecule has 0 aromatic heterocycles. The highest BCUT2D eigenvalue weighted by Gasteiger charge is 2.28. The summed E-state index contributed by atoms with van der Waals surface area (Å²) in [6, 6.07) is 6.71. The summed E-state index contributed by atoms with van der Waals surface area (Å²) in [6.07, 6.45) is 3.20. The lowest BCUT2D eigenvalue weighted by Crippen LogP contribution is -2.25. The van der Waals surface area contributed by atoms with Crippen LogP contribution >= 0.6 is 0 Å². The van der Waals surface area contributed by atoms with Gasteiger partial charge in [0.2, 0.25) is 0 Å². The molecule has 0 unspecified atom stereocenters. The summed E-state index contributed by atoms with van der Waals surface area (Å²) in [5.74, 6) is 0.977. The van der Waals surface area contributed by atoms with Crippen LogP contribution in [-0.2, 0) is 5.41 Å². The molecule has 0 aliphatic carbocycles. The Morgan fingerprint density at radius 3 is 2.55 bits per heavy atom. The van der Waals surface area contributed by atoms with Crippen molar-refractivity contribution in [2.24, 2.45) is 11.1 Å². The number of hydrogen-bond acceptors (Lipinski definition) is 2. The second-order valence-corrected chi connectivity index (χ2v) is 7.97. The van der Waals surface area contributed by atoms with Crippen LogP contribution in [-0.4, -0.2) is 6.61 Å². The molecule has 112 valence electrons. The molecule has 1 aromatic carbocycles. The van der Waals surface area contributed by atoms with E-state index in [2.05, 4.69) is 52.8 Å². The number of fused-ring (bicyclic) bond motifs is 1. The maximum Gasteiger partial charge on any atom is 0.124 e. The maximum absolute atomic E-state index is 6.31. The molecule has 20 heavy (non-hydrogen) atoms. The van der Waals surface area contributed by atoms with Gasteiger partial charge in [-0.15, -0.1) is 0 Å². The number of nitrogens with two attached hydrogens (primary N) is 1. The predicted octanol–water partition coefficient (Wildman–Crippen LogP) is 4.57. The highest BCUT2D eigenvalue weighted by molar-refractivity contribution is 5.42. The first-order valence-corrected chi connectivity index (χ1v) is 7.72. The molecule has 0 amide bonds. The molecule has 1 aliphatic rings. The molecular formula is C18H29NO. The third-order valence-electron chi connectivity index (χ3n) is 4.08. The van der Waals surface area contributed by atoms with Gasteiger partial charge in [0.25, 0.3) is 0 Å². The fourth-order valence-electron chi connectivity index (χ4n) is 3.46. The van der Waals surface area contributed by atoms with Gasteiger partial charge in [0.1, 0.15) is 5.75 Å². The van der Waals surface area contributed by atoms with Crippen molar-refractivity contribution in [2.75, 3.05) is 6.61 Å². The van der Waals surface area contributed by atoms with Gasteiger partial charge in [-0.05, 0) is 47.8 Å². The van der Waals surface area contributed by atoms with Crippen molar-refractivity contribution in [3.8, 4) is 5.75 Å². The molecule has 2 nitrogen and oxygen atoms in total. The van der Waals surface area contributed by atoms with Gasteiger partial charge >= 0.3 is 0 Å². The predicted molar refractivity (Wildman–Crippen MR) is 85.2 cm³/mol. The lowest BCUT2D eigenvalue weighted by Gasteiger charge is -2.33. The van der Waals surface area contributed by atoms with Crippen molar-refractivity contribution >= 4 is 0 Å². The minimum Gasteiger partial charge on any atom is -0.493 e. The molecule has 0 saturated heterocycles. The van der Waals surface area contributed by atoms with E-state index in [4.69, 9.17) is 10.5 Å². The van der Waals surface area contributed by atoms with Gasteiger partial charge in [0.15, 0.2) is 0 Å². The summed E-state index contributed by atoms with van der Waals surface area (Å²) < 4.78 is 5.81. The van der Waals surface area contributed by atoms with E-state index in [-0.39, 0.29) is 11.5 Å². The van der Waals surface area contributed by atoms with Gasteiger partial charge in [0, 0.05) is 11.6 Å². The third-order valence-corrected chi connectivity index (χ3v) is 4.08. The molecule has 0 radical (unpaired) electrons. The minimum absolute atomic E-state index is 0.109. The van der Waals surface area contributed by atoms with Crippen molar-refractivity contribution < 1.29 is 4.74 Å². The van der Waals surface area contributed by atoms with Gasteiger partial charge in [-0.1, -0.05) is 40.7 Å². The van der Waals surface area contributed by atoms with E-state index in [9.17, 15) is 0 Å². The Kier molecular flexibility index (Phi) is 4.15. The number of rotatable bonds is 2. The fraction of sp³-hybridized carbons (Fsp3) is 0.667. The zero-order chi connectivity index (χ0) is 15.0. The summed E-state index contributed by atoms with van der Waals surface area (Å²) in [4.78, 5) is 0. The molecule has 1 aromatic rings. The molecule has 0 saturated carbocycles. The zero-order valence-electron chi connectivity index (χ0n) is 13.6. The molecule has 2 heteroatoms. The van der Waals surface area contributed by atoms with Crippen LogP contribution in [0.15, 0.2) is 18.2 Å². The summed E-state index contributed by atoms with van der Waals surface area (Å²) in [5.41, 5.74) is 9.32. The van der Waals surface area contributed by atoms with Crippen LogP contribution in [0.2, 0.25) is 0 Å². The Hall–Kier alpha value is -1.02. The van der Waals surface area contributed by atoms with Gasteiger partial charge in [-0.2, -0.15) is 0 Å². The first-order valence-electron chi connectivity index (χ1n) is 7.72. The van der Waals surface area contributed by atoms with E-state index in [0.717, 1.165) is 31.6 Å². The van der Waals surface area contributed by atoms with Crippen molar-refractivity contribution in [1.82, 2.24) is 0 Å². The SMILES string of the molecule is CC(C)(C)CC(C)(C)c1ccc2c(c1)[C@H](N)CCCO2. The quantitative estimate of drug-likeness (QED) is 0.858. The second kappa shape index (κ2) is 5.40.